The predicted octanol–water partition coefficient (Wildman–Crippen LogP) is 4.42. The molecule has 2 heterocycles. The molecular formula is C13H8BrClN2. The van der Waals surface area contributed by atoms with Gasteiger partial charge in [0.05, 0.1) is 10.3 Å². The van der Waals surface area contributed by atoms with E-state index in [2.05, 4.69) is 20.9 Å². The smallest absolute Gasteiger partial charge is 0.138 e. The monoisotopic (exact) mass is 306 g/mol. The Morgan fingerprint density at radius 2 is 1.94 bits per heavy atom. The second-order valence-corrected chi connectivity index (χ2v) is 4.96. The maximum atomic E-state index is 5.98. The standard InChI is InChI=1S/C13H8BrClN2/c14-12-5-2-6-13-16-11(8-17(12)13)9-3-1-4-10(15)7-9/h1-8H. The molecule has 0 fully saturated rings. The van der Waals surface area contributed by atoms with Crippen LogP contribution in [0.2, 0.25) is 5.02 Å². The maximum Gasteiger partial charge on any atom is 0.138 e. The maximum absolute atomic E-state index is 5.98. The lowest BCUT2D eigenvalue weighted by atomic mass is 10.2. The van der Waals surface area contributed by atoms with E-state index in [1.165, 1.54) is 0 Å². The van der Waals surface area contributed by atoms with Gasteiger partial charge in [-0.3, -0.25) is 4.40 Å². The third-order valence-electron chi connectivity index (χ3n) is 2.56. The van der Waals surface area contributed by atoms with Gasteiger partial charge in [-0.2, -0.15) is 0 Å². The van der Waals surface area contributed by atoms with E-state index >= 15 is 0 Å². The molecule has 0 aliphatic carbocycles. The Hall–Kier alpha value is -1.32. The molecule has 0 unspecified atom stereocenters. The zero-order chi connectivity index (χ0) is 11.8. The van der Waals surface area contributed by atoms with Crippen molar-refractivity contribution in [1.82, 2.24) is 9.38 Å². The van der Waals surface area contributed by atoms with Crippen LogP contribution < -0.4 is 0 Å². The van der Waals surface area contributed by atoms with Crippen LogP contribution in [0.25, 0.3) is 16.9 Å². The van der Waals surface area contributed by atoms with Crippen LogP contribution in [0.1, 0.15) is 0 Å². The number of pyridine rings is 1. The fourth-order valence-corrected chi connectivity index (χ4v) is 2.39. The number of hydrogen-bond donors (Lipinski definition) is 0. The molecule has 2 aromatic heterocycles. The summed E-state index contributed by atoms with van der Waals surface area (Å²) in [4.78, 5) is 4.56. The Labute approximate surface area is 112 Å². The Morgan fingerprint density at radius 3 is 2.71 bits per heavy atom. The highest BCUT2D eigenvalue weighted by molar-refractivity contribution is 9.10. The highest BCUT2D eigenvalue weighted by Gasteiger charge is 2.05. The van der Waals surface area contributed by atoms with Crippen LogP contribution in [0, 0.1) is 0 Å². The third-order valence-corrected chi connectivity index (χ3v) is 3.44. The quantitative estimate of drug-likeness (QED) is 0.608. The number of nitrogens with zero attached hydrogens (tertiary/aromatic N) is 2. The predicted molar refractivity (Wildman–Crippen MR) is 73.3 cm³/mol. The molecule has 17 heavy (non-hydrogen) atoms. The molecule has 0 bridgehead atoms. The van der Waals surface area contributed by atoms with Crippen LogP contribution in [0.5, 0.6) is 0 Å². The van der Waals surface area contributed by atoms with Crippen LogP contribution in [0.15, 0.2) is 53.3 Å². The Bertz CT molecular complexity index is 691. The van der Waals surface area contributed by atoms with Gasteiger partial charge in [-0.25, -0.2) is 4.98 Å². The minimum atomic E-state index is 0.721. The first-order chi connectivity index (χ1) is 8.24. The molecule has 0 spiro atoms. The van der Waals surface area contributed by atoms with Crippen molar-refractivity contribution in [1.29, 1.82) is 0 Å². The molecule has 4 heteroatoms. The fraction of sp³-hybridized carbons (Fsp3) is 0. The number of imidazole rings is 1. The average molecular weight is 308 g/mol. The lowest BCUT2D eigenvalue weighted by Crippen LogP contribution is -1.82. The van der Waals surface area contributed by atoms with E-state index < -0.39 is 0 Å². The van der Waals surface area contributed by atoms with Gasteiger partial charge >= 0.3 is 0 Å². The lowest BCUT2D eigenvalue weighted by Gasteiger charge is -1.96. The summed E-state index contributed by atoms with van der Waals surface area (Å²) in [6.45, 7) is 0. The van der Waals surface area contributed by atoms with E-state index in [0.717, 1.165) is 26.5 Å². The van der Waals surface area contributed by atoms with Crippen molar-refractivity contribution in [2.75, 3.05) is 0 Å². The summed E-state index contributed by atoms with van der Waals surface area (Å²) in [6, 6.07) is 13.6. The summed E-state index contributed by atoms with van der Waals surface area (Å²) >= 11 is 9.47. The molecule has 84 valence electrons. The molecule has 0 saturated heterocycles. The van der Waals surface area contributed by atoms with Crippen LogP contribution in [-0.2, 0) is 0 Å². The molecular weight excluding hydrogens is 300 g/mol. The molecule has 0 aliphatic heterocycles. The zero-order valence-corrected chi connectivity index (χ0v) is 11.1. The van der Waals surface area contributed by atoms with Gasteiger partial charge in [0, 0.05) is 16.8 Å². The van der Waals surface area contributed by atoms with Crippen LogP contribution in [-0.4, -0.2) is 9.38 Å². The number of rotatable bonds is 1. The van der Waals surface area contributed by atoms with Crippen molar-refractivity contribution in [3.8, 4) is 11.3 Å². The van der Waals surface area contributed by atoms with Gasteiger partial charge in [0.2, 0.25) is 0 Å². The van der Waals surface area contributed by atoms with E-state index in [1.807, 2.05) is 53.1 Å². The Morgan fingerprint density at radius 1 is 1.12 bits per heavy atom. The van der Waals surface area contributed by atoms with E-state index in [1.54, 1.807) is 0 Å². The topological polar surface area (TPSA) is 17.3 Å². The summed E-state index contributed by atoms with van der Waals surface area (Å²) < 4.78 is 2.98. The molecule has 0 atom stereocenters. The second-order valence-electron chi connectivity index (χ2n) is 3.71. The average Bonchev–Trinajstić information content (AvgIpc) is 2.74. The van der Waals surface area contributed by atoms with Gasteiger partial charge < -0.3 is 0 Å². The summed E-state index contributed by atoms with van der Waals surface area (Å²) in [6.07, 6.45) is 1.99. The number of fused-ring (bicyclic) bond motifs is 1. The van der Waals surface area contributed by atoms with Crippen LogP contribution >= 0.6 is 27.5 Å². The van der Waals surface area contributed by atoms with Crippen LogP contribution in [0.3, 0.4) is 0 Å². The van der Waals surface area contributed by atoms with Crippen molar-refractivity contribution in [3.05, 3.63) is 58.3 Å². The van der Waals surface area contributed by atoms with E-state index in [9.17, 15) is 0 Å². The highest BCUT2D eigenvalue weighted by atomic mass is 79.9. The van der Waals surface area contributed by atoms with E-state index in [0.29, 0.717) is 0 Å². The largest absolute Gasteiger partial charge is 0.293 e. The molecule has 0 radical (unpaired) electrons. The molecule has 0 saturated carbocycles. The van der Waals surface area contributed by atoms with Crippen molar-refractivity contribution in [3.63, 3.8) is 0 Å². The van der Waals surface area contributed by atoms with E-state index in [4.69, 9.17) is 11.6 Å². The zero-order valence-electron chi connectivity index (χ0n) is 8.77. The summed E-state index contributed by atoms with van der Waals surface area (Å²) in [5, 5.41) is 0.721. The molecule has 3 aromatic rings. The lowest BCUT2D eigenvalue weighted by molar-refractivity contribution is 1.14. The summed E-state index contributed by atoms with van der Waals surface area (Å²) in [7, 11) is 0. The normalized spacial score (nSPS) is 10.9. The van der Waals surface area contributed by atoms with Crippen molar-refractivity contribution in [2.24, 2.45) is 0 Å². The Balaban J connectivity index is 2.22. The number of halogens is 2. The number of benzene rings is 1. The first kappa shape index (κ1) is 10.8. The van der Waals surface area contributed by atoms with Crippen LogP contribution in [0.4, 0.5) is 0 Å². The third kappa shape index (κ3) is 1.96. The second kappa shape index (κ2) is 4.17. The molecule has 3 rings (SSSR count). The van der Waals surface area contributed by atoms with Gasteiger partial charge in [0.25, 0.3) is 0 Å². The molecule has 0 aliphatic rings. The fourth-order valence-electron chi connectivity index (χ4n) is 1.76. The van der Waals surface area contributed by atoms with Crippen molar-refractivity contribution < 1.29 is 0 Å². The minimum absolute atomic E-state index is 0.721. The molecule has 1 aromatic carbocycles. The van der Waals surface area contributed by atoms with Gasteiger partial charge in [0.15, 0.2) is 0 Å². The van der Waals surface area contributed by atoms with Gasteiger partial charge in [-0.1, -0.05) is 29.8 Å². The molecule has 0 N–H and O–H groups in total. The van der Waals surface area contributed by atoms with E-state index in [-0.39, 0.29) is 0 Å². The number of aromatic nitrogens is 2. The van der Waals surface area contributed by atoms with Crippen molar-refractivity contribution >= 4 is 33.2 Å². The SMILES string of the molecule is Clc1cccc(-c2cn3c(Br)cccc3n2)c1. The summed E-state index contributed by atoms with van der Waals surface area (Å²) in [5.74, 6) is 0. The first-order valence-corrected chi connectivity index (χ1v) is 6.31. The molecule has 0 amide bonds. The van der Waals surface area contributed by atoms with Gasteiger partial charge in [0.1, 0.15) is 5.65 Å². The van der Waals surface area contributed by atoms with Crippen molar-refractivity contribution in [2.45, 2.75) is 0 Å². The Kier molecular flexibility index (Phi) is 2.65. The molecule has 2 nitrogen and oxygen atoms in total. The number of hydrogen-bond acceptors (Lipinski definition) is 1. The highest BCUT2D eigenvalue weighted by Crippen LogP contribution is 2.24. The minimum Gasteiger partial charge on any atom is -0.293 e. The summed E-state index contributed by atoms with van der Waals surface area (Å²) in [5.41, 5.74) is 2.85. The first-order valence-electron chi connectivity index (χ1n) is 5.13. The van der Waals surface area contributed by atoms with Gasteiger partial charge in [-0.05, 0) is 40.2 Å². The van der Waals surface area contributed by atoms with Gasteiger partial charge in [-0.15, -0.1) is 0 Å².